The molecule has 0 saturated heterocycles. The van der Waals surface area contributed by atoms with Gasteiger partial charge in [0.15, 0.2) is 0 Å². The number of halogens is 1. The van der Waals surface area contributed by atoms with Gasteiger partial charge in [-0.3, -0.25) is 14.7 Å². The van der Waals surface area contributed by atoms with Gasteiger partial charge in [-0.15, -0.1) is 6.58 Å². The van der Waals surface area contributed by atoms with Crippen LogP contribution in [0.1, 0.15) is 20.8 Å². The Bertz CT molecular complexity index is 1120. The summed E-state index contributed by atoms with van der Waals surface area (Å²) in [5.41, 5.74) is 1.70. The van der Waals surface area contributed by atoms with Crippen molar-refractivity contribution in [2.75, 3.05) is 18.4 Å². The second-order valence-corrected chi connectivity index (χ2v) is 8.56. The lowest BCUT2D eigenvalue weighted by Crippen LogP contribution is -2.50. The molecule has 1 heterocycles. The number of hydrogen-bond donors (Lipinski definition) is 2. The molecule has 0 atom stereocenters. The summed E-state index contributed by atoms with van der Waals surface area (Å²) in [4.78, 5) is 31.4. The topological polar surface area (TPSA) is 79.3 Å². The molecular weight excluding hydrogens is 421 g/mol. The number of benzene rings is 2. The van der Waals surface area contributed by atoms with Gasteiger partial charge in [0.1, 0.15) is 12.4 Å². The molecular formula is C25H28FN5O2. The van der Waals surface area contributed by atoms with E-state index in [4.69, 9.17) is 0 Å². The minimum absolute atomic E-state index is 0.190. The van der Waals surface area contributed by atoms with Gasteiger partial charge in [-0.05, 0) is 45.0 Å². The van der Waals surface area contributed by atoms with Crippen LogP contribution in [0.25, 0.3) is 16.9 Å². The Labute approximate surface area is 192 Å². The zero-order valence-corrected chi connectivity index (χ0v) is 19.0. The van der Waals surface area contributed by atoms with Gasteiger partial charge in [0.25, 0.3) is 0 Å². The smallest absolute Gasteiger partial charge is 0.318 e. The molecule has 0 radical (unpaired) electrons. The fourth-order valence-corrected chi connectivity index (χ4v) is 3.13. The molecule has 3 aromatic rings. The number of amides is 3. The maximum Gasteiger partial charge on any atom is 0.318 e. The molecule has 3 rings (SSSR count). The molecule has 0 aliphatic heterocycles. The first kappa shape index (κ1) is 23.7. The van der Waals surface area contributed by atoms with Gasteiger partial charge < -0.3 is 10.2 Å². The van der Waals surface area contributed by atoms with E-state index < -0.39 is 11.4 Å². The molecule has 3 amide bonds. The minimum Gasteiger partial charge on any atom is -0.333 e. The Morgan fingerprint density at radius 3 is 2.39 bits per heavy atom. The molecule has 0 aliphatic carbocycles. The summed E-state index contributed by atoms with van der Waals surface area (Å²) in [6, 6.07) is 15.0. The van der Waals surface area contributed by atoms with Crippen LogP contribution in [0.15, 0.2) is 73.4 Å². The van der Waals surface area contributed by atoms with Gasteiger partial charge in [-0.2, -0.15) is 0 Å². The second kappa shape index (κ2) is 10.1. The summed E-state index contributed by atoms with van der Waals surface area (Å²) < 4.78 is 15.1. The molecule has 7 nitrogen and oxygen atoms in total. The maximum atomic E-state index is 13.4. The zero-order valence-electron chi connectivity index (χ0n) is 19.0. The fourth-order valence-electron chi connectivity index (χ4n) is 3.13. The van der Waals surface area contributed by atoms with Crippen LogP contribution in [-0.2, 0) is 4.79 Å². The molecule has 172 valence electrons. The van der Waals surface area contributed by atoms with Crippen molar-refractivity contribution in [3.63, 3.8) is 0 Å². The quantitative estimate of drug-likeness (QED) is 0.517. The van der Waals surface area contributed by atoms with E-state index >= 15 is 0 Å². The number of aromatic nitrogens is 2. The van der Waals surface area contributed by atoms with Crippen molar-refractivity contribution >= 4 is 17.9 Å². The molecule has 33 heavy (non-hydrogen) atoms. The molecule has 1 aromatic heterocycles. The number of carbonyl (C=O) groups is 2. The standard InChI is InChI=1S/C25H28FN5O2/c1-5-15-30(24(33)29-25(2,3)4)17-22(32)28-23-27-21(18-9-7-6-8-10-18)16-31(23)20-13-11-19(26)12-14-20/h5-14,16H,1,15,17H2,2-4H3,(H,29,33)(H,27,28,32). The van der Waals surface area contributed by atoms with Gasteiger partial charge in [0.05, 0.1) is 5.69 Å². The molecule has 0 saturated carbocycles. The highest BCUT2D eigenvalue weighted by molar-refractivity contribution is 5.93. The van der Waals surface area contributed by atoms with E-state index in [1.165, 1.54) is 17.0 Å². The maximum absolute atomic E-state index is 13.4. The van der Waals surface area contributed by atoms with Crippen molar-refractivity contribution in [3.05, 3.63) is 79.3 Å². The van der Waals surface area contributed by atoms with Crippen molar-refractivity contribution in [2.45, 2.75) is 26.3 Å². The Kier molecular flexibility index (Phi) is 7.27. The second-order valence-electron chi connectivity index (χ2n) is 8.56. The summed E-state index contributed by atoms with van der Waals surface area (Å²) in [6.45, 7) is 9.27. The lowest BCUT2D eigenvalue weighted by Gasteiger charge is -2.27. The summed E-state index contributed by atoms with van der Waals surface area (Å²) >= 11 is 0. The summed E-state index contributed by atoms with van der Waals surface area (Å²) in [7, 11) is 0. The monoisotopic (exact) mass is 449 g/mol. The highest BCUT2D eigenvalue weighted by atomic mass is 19.1. The van der Waals surface area contributed by atoms with E-state index in [1.807, 2.05) is 51.1 Å². The molecule has 0 unspecified atom stereocenters. The van der Waals surface area contributed by atoms with Crippen LogP contribution in [0.5, 0.6) is 0 Å². The SMILES string of the molecule is C=CCN(CC(=O)Nc1nc(-c2ccccc2)cn1-c1ccc(F)cc1)C(=O)NC(C)(C)C. The number of rotatable bonds is 7. The van der Waals surface area contributed by atoms with E-state index in [1.54, 1.807) is 29.0 Å². The van der Waals surface area contributed by atoms with E-state index in [9.17, 15) is 14.0 Å². The zero-order chi connectivity index (χ0) is 24.0. The minimum atomic E-state index is -0.448. The molecule has 0 bridgehead atoms. The first-order valence-corrected chi connectivity index (χ1v) is 10.5. The average Bonchev–Trinajstić information content (AvgIpc) is 3.17. The summed E-state index contributed by atoms with van der Waals surface area (Å²) in [5, 5.41) is 5.63. The normalized spacial score (nSPS) is 11.0. The molecule has 0 spiro atoms. The lowest BCUT2D eigenvalue weighted by atomic mass is 10.1. The van der Waals surface area contributed by atoms with Crippen LogP contribution in [0.4, 0.5) is 15.1 Å². The Morgan fingerprint density at radius 1 is 1.12 bits per heavy atom. The third kappa shape index (κ3) is 6.52. The third-order valence-electron chi connectivity index (χ3n) is 4.58. The number of urea groups is 1. The number of carbonyl (C=O) groups excluding carboxylic acids is 2. The van der Waals surface area contributed by atoms with Gasteiger partial charge in [0, 0.05) is 29.5 Å². The molecule has 0 fully saturated rings. The lowest BCUT2D eigenvalue weighted by molar-refractivity contribution is -0.116. The molecule has 2 N–H and O–H groups in total. The van der Waals surface area contributed by atoms with Crippen molar-refractivity contribution in [1.82, 2.24) is 19.8 Å². The Hall–Kier alpha value is -3.94. The molecule has 2 aromatic carbocycles. The van der Waals surface area contributed by atoms with Crippen LogP contribution >= 0.6 is 0 Å². The van der Waals surface area contributed by atoms with Gasteiger partial charge >= 0.3 is 6.03 Å². The van der Waals surface area contributed by atoms with Crippen molar-refractivity contribution in [3.8, 4) is 16.9 Å². The predicted molar refractivity (Wildman–Crippen MR) is 128 cm³/mol. The van der Waals surface area contributed by atoms with E-state index in [0.29, 0.717) is 11.4 Å². The summed E-state index contributed by atoms with van der Waals surface area (Å²) in [6.07, 6.45) is 3.33. The van der Waals surface area contributed by atoms with Gasteiger partial charge in [-0.25, -0.2) is 14.2 Å². The van der Waals surface area contributed by atoms with Crippen molar-refractivity contribution in [1.29, 1.82) is 0 Å². The first-order chi connectivity index (χ1) is 15.7. The number of anilines is 1. The van der Waals surface area contributed by atoms with Crippen LogP contribution in [0.2, 0.25) is 0 Å². The number of nitrogens with zero attached hydrogens (tertiary/aromatic N) is 3. The van der Waals surface area contributed by atoms with Crippen LogP contribution in [-0.4, -0.2) is 45.0 Å². The fraction of sp³-hybridized carbons (Fsp3) is 0.240. The Balaban J connectivity index is 1.87. The third-order valence-corrected chi connectivity index (χ3v) is 4.58. The van der Waals surface area contributed by atoms with Gasteiger partial charge in [0.2, 0.25) is 11.9 Å². The number of imidazole rings is 1. The number of hydrogen-bond acceptors (Lipinski definition) is 3. The van der Waals surface area contributed by atoms with E-state index in [-0.39, 0.29) is 30.9 Å². The van der Waals surface area contributed by atoms with Crippen LogP contribution < -0.4 is 10.6 Å². The summed E-state index contributed by atoms with van der Waals surface area (Å²) in [5.74, 6) is -0.521. The van der Waals surface area contributed by atoms with E-state index in [0.717, 1.165) is 5.56 Å². The van der Waals surface area contributed by atoms with Crippen LogP contribution in [0, 0.1) is 5.82 Å². The number of nitrogens with one attached hydrogen (secondary N) is 2. The molecule has 0 aliphatic rings. The molecule has 8 heteroatoms. The Morgan fingerprint density at radius 2 is 1.79 bits per heavy atom. The van der Waals surface area contributed by atoms with Crippen molar-refractivity contribution < 1.29 is 14.0 Å². The average molecular weight is 450 g/mol. The largest absolute Gasteiger partial charge is 0.333 e. The predicted octanol–water partition coefficient (Wildman–Crippen LogP) is 4.61. The highest BCUT2D eigenvalue weighted by Gasteiger charge is 2.22. The van der Waals surface area contributed by atoms with Crippen LogP contribution in [0.3, 0.4) is 0 Å². The van der Waals surface area contributed by atoms with E-state index in [2.05, 4.69) is 22.2 Å². The van der Waals surface area contributed by atoms with Crippen molar-refractivity contribution in [2.24, 2.45) is 0 Å². The first-order valence-electron chi connectivity index (χ1n) is 10.5. The highest BCUT2D eigenvalue weighted by Crippen LogP contribution is 2.24. The van der Waals surface area contributed by atoms with Gasteiger partial charge in [-0.1, -0.05) is 36.4 Å².